The third-order valence-electron chi connectivity index (χ3n) is 5.27. The lowest BCUT2D eigenvalue weighted by molar-refractivity contribution is 0.404. The lowest BCUT2D eigenvalue weighted by Gasteiger charge is -2.21. The number of aromatic nitrogens is 3. The molecule has 0 aliphatic carbocycles. The second-order valence-electron chi connectivity index (χ2n) is 7.36. The predicted molar refractivity (Wildman–Crippen MR) is 134 cm³/mol. The van der Waals surface area contributed by atoms with Gasteiger partial charge in [0, 0.05) is 25.0 Å². The van der Waals surface area contributed by atoms with E-state index < -0.39 is 5.56 Å². The van der Waals surface area contributed by atoms with Crippen molar-refractivity contribution in [2.75, 3.05) is 19.1 Å². The molecule has 33 heavy (non-hydrogen) atoms. The Balaban J connectivity index is 1.62. The molecule has 166 valence electrons. The van der Waals surface area contributed by atoms with Gasteiger partial charge >= 0.3 is 0 Å². The van der Waals surface area contributed by atoms with Crippen molar-refractivity contribution in [2.24, 2.45) is 0 Å². The van der Waals surface area contributed by atoms with Gasteiger partial charge in [-0.15, -0.1) is 0 Å². The first kappa shape index (κ1) is 21.6. The smallest absolute Gasteiger partial charge is 0.290 e. The lowest BCUT2D eigenvalue weighted by atomic mass is 10.2. The lowest BCUT2D eigenvalue weighted by Crippen LogP contribution is -2.20. The van der Waals surface area contributed by atoms with Crippen molar-refractivity contribution in [2.45, 2.75) is 6.92 Å². The second-order valence-corrected chi connectivity index (χ2v) is 9.13. The van der Waals surface area contributed by atoms with Crippen LogP contribution in [-0.2, 0) is 0 Å². The quantitative estimate of drug-likeness (QED) is 0.280. The largest absolute Gasteiger partial charge is 0.493 e. The highest BCUT2D eigenvalue weighted by atomic mass is 35.5. The Kier molecular flexibility index (Phi) is 5.40. The van der Waals surface area contributed by atoms with Crippen molar-refractivity contribution in [3.8, 4) is 10.9 Å². The zero-order valence-electron chi connectivity index (χ0n) is 17.8. The Morgan fingerprint density at radius 3 is 2.79 bits per heavy atom. The molecule has 2 aromatic carbocycles. The van der Waals surface area contributed by atoms with Crippen molar-refractivity contribution in [3.63, 3.8) is 0 Å². The maximum Gasteiger partial charge on any atom is 0.290 e. The van der Waals surface area contributed by atoms with Crippen LogP contribution in [0, 0.1) is 11.8 Å². The number of aryl methyl sites for hydroxylation is 1. The monoisotopic (exact) mass is 496 g/mol. The maximum atomic E-state index is 13.2. The number of hydrogen-bond acceptors (Lipinski definition) is 8. The van der Waals surface area contributed by atoms with Crippen molar-refractivity contribution in [3.05, 3.63) is 74.4 Å². The zero-order valence-corrected chi connectivity index (χ0v) is 20.2. The van der Waals surface area contributed by atoms with Gasteiger partial charge in [0.05, 0.1) is 28.0 Å². The SMILES string of the molecule is COc1ccnc2c(=O)n(-c3nc4ccc(N(C)c5ccc(C)cc5Cl)cc4s3)c(=S)oc12. The van der Waals surface area contributed by atoms with Crippen molar-refractivity contribution in [1.29, 1.82) is 0 Å². The third-order valence-corrected chi connectivity index (χ3v) is 6.84. The molecule has 5 rings (SSSR count). The summed E-state index contributed by atoms with van der Waals surface area (Å²) in [6.45, 7) is 2.00. The number of pyridine rings is 1. The Morgan fingerprint density at radius 1 is 1.21 bits per heavy atom. The van der Waals surface area contributed by atoms with Gasteiger partial charge in [0.15, 0.2) is 11.3 Å². The van der Waals surface area contributed by atoms with E-state index in [4.69, 9.17) is 33.0 Å². The van der Waals surface area contributed by atoms with Crippen LogP contribution in [0.25, 0.3) is 26.4 Å². The van der Waals surface area contributed by atoms with Crippen molar-refractivity contribution >= 4 is 67.8 Å². The van der Waals surface area contributed by atoms with Crippen LogP contribution in [-0.4, -0.2) is 28.7 Å². The van der Waals surface area contributed by atoms with Crippen molar-refractivity contribution in [1.82, 2.24) is 14.5 Å². The summed E-state index contributed by atoms with van der Waals surface area (Å²) in [6, 6.07) is 13.4. The molecule has 0 amide bonds. The fourth-order valence-electron chi connectivity index (χ4n) is 3.56. The minimum atomic E-state index is -0.414. The van der Waals surface area contributed by atoms with Gasteiger partial charge in [-0.25, -0.2) is 14.5 Å². The van der Waals surface area contributed by atoms with E-state index in [1.165, 1.54) is 29.2 Å². The number of halogens is 1. The highest BCUT2D eigenvalue weighted by molar-refractivity contribution is 7.71. The number of fused-ring (bicyclic) bond motifs is 2. The van der Waals surface area contributed by atoms with E-state index in [2.05, 4.69) is 9.97 Å². The number of ether oxygens (including phenoxy) is 1. The first-order valence-corrected chi connectivity index (χ1v) is 11.5. The summed E-state index contributed by atoms with van der Waals surface area (Å²) in [5, 5.41) is 1.08. The third kappa shape index (κ3) is 3.68. The van der Waals surface area contributed by atoms with Crippen LogP contribution in [0.4, 0.5) is 11.4 Å². The minimum absolute atomic E-state index is 0.0263. The van der Waals surface area contributed by atoms with Crippen LogP contribution < -0.4 is 15.2 Å². The summed E-state index contributed by atoms with van der Waals surface area (Å²) in [5.41, 5.74) is 3.58. The van der Waals surface area contributed by atoms with E-state index in [0.29, 0.717) is 15.9 Å². The second kappa shape index (κ2) is 8.26. The molecule has 0 saturated heterocycles. The molecule has 10 heteroatoms. The number of hydrogen-bond donors (Lipinski definition) is 0. The fraction of sp³-hybridized carbons (Fsp3) is 0.130. The van der Waals surface area contributed by atoms with Crippen LogP contribution >= 0.6 is 35.2 Å². The predicted octanol–water partition coefficient (Wildman–Crippen LogP) is 6.06. The maximum absolute atomic E-state index is 13.2. The highest BCUT2D eigenvalue weighted by Crippen LogP contribution is 2.35. The Bertz CT molecular complexity index is 1660. The van der Waals surface area contributed by atoms with E-state index in [9.17, 15) is 4.79 Å². The summed E-state index contributed by atoms with van der Waals surface area (Å²) in [4.78, 5) is 23.9. The first-order chi connectivity index (χ1) is 15.9. The minimum Gasteiger partial charge on any atom is -0.493 e. The standard InChI is InChI=1S/C23H17ClN4O3S2/c1-12-4-7-16(14(24)10-12)27(2)13-5-6-15-18(11-13)33-22(26-15)28-21(29)19-20(31-23(28)32)17(30-3)8-9-25-19/h4-11H,1-3H3. The molecular weight excluding hydrogens is 480 g/mol. The number of thiazole rings is 1. The molecule has 0 bridgehead atoms. The Morgan fingerprint density at radius 2 is 2.03 bits per heavy atom. The fourth-order valence-corrected chi connectivity index (χ4v) is 5.23. The molecule has 3 aromatic heterocycles. The molecule has 5 aromatic rings. The van der Waals surface area contributed by atoms with E-state index >= 15 is 0 Å². The van der Waals surface area contributed by atoms with Gasteiger partial charge in [-0.05, 0) is 55.0 Å². The molecule has 0 unspecified atom stereocenters. The number of anilines is 2. The summed E-state index contributed by atoms with van der Waals surface area (Å²) < 4.78 is 13.1. The molecule has 0 aliphatic heterocycles. The van der Waals surface area contributed by atoms with Crippen LogP contribution in [0.2, 0.25) is 5.02 Å². The number of nitrogens with zero attached hydrogens (tertiary/aromatic N) is 4. The highest BCUT2D eigenvalue weighted by Gasteiger charge is 2.18. The van der Waals surface area contributed by atoms with E-state index in [1.807, 2.05) is 55.3 Å². The topological polar surface area (TPSA) is 73.4 Å². The van der Waals surface area contributed by atoms with E-state index in [-0.39, 0.29) is 15.9 Å². The average molecular weight is 497 g/mol. The van der Waals surface area contributed by atoms with Gasteiger partial charge in [-0.2, -0.15) is 0 Å². The summed E-state index contributed by atoms with van der Waals surface area (Å²) in [6.07, 6.45) is 1.49. The summed E-state index contributed by atoms with van der Waals surface area (Å²) in [7, 11) is 3.44. The van der Waals surface area contributed by atoms with Gasteiger partial charge in [-0.1, -0.05) is 29.0 Å². The zero-order chi connectivity index (χ0) is 23.3. The van der Waals surface area contributed by atoms with E-state index in [1.54, 1.807) is 6.07 Å². The Hall–Kier alpha value is -3.27. The van der Waals surface area contributed by atoms with Gasteiger partial charge in [-0.3, -0.25) is 4.79 Å². The number of rotatable bonds is 4. The molecule has 7 nitrogen and oxygen atoms in total. The van der Waals surface area contributed by atoms with Crippen LogP contribution in [0.5, 0.6) is 5.75 Å². The van der Waals surface area contributed by atoms with Gasteiger partial charge in [0.25, 0.3) is 10.4 Å². The average Bonchev–Trinajstić information content (AvgIpc) is 3.21. The van der Waals surface area contributed by atoms with Crippen molar-refractivity contribution < 1.29 is 9.15 Å². The first-order valence-electron chi connectivity index (χ1n) is 9.87. The summed E-state index contributed by atoms with van der Waals surface area (Å²) >= 11 is 13.2. The van der Waals surface area contributed by atoms with Gasteiger partial charge < -0.3 is 14.1 Å². The Labute approximate surface area is 202 Å². The van der Waals surface area contributed by atoms with Gasteiger partial charge in [0.1, 0.15) is 0 Å². The van der Waals surface area contributed by atoms with E-state index in [0.717, 1.165) is 27.2 Å². The van der Waals surface area contributed by atoms with Gasteiger partial charge in [0.2, 0.25) is 10.7 Å². The van der Waals surface area contributed by atoms with Crippen LogP contribution in [0.15, 0.2) is 57.9 Å². The molecular formula is C23H17ClN4O3S2. The molecule has 0 saturated carbocycles. The number of benzene rings is 2. The molecule has 0 fully saturated rings. The normalized spacial score (nSPS) is 11.3. The van der Waals surface area contributed by atoms with Crippen LogP contribution in [0.1, 0.15) is 5.56 Å². The molecule has 0 radical (unpaired) electrons. The molecule has 3 heterocycles. The molecule has 0 spiro atoms. The number of methoxy groups -OCH3 is 1. The molecule has 0 N–H and O–H groups in total. The van der Waals surface area contributed by atoms with Crippen LogP contribution in [0.3, 0.4) is 0 Å². The summed E-state index contributed by atoms with van der Waals surface area (Å²) in [5.74, 6) is 0.391. The molecule has 0 aliphatic rings. The molecule has 0 atom stereocenters.